The number of hydrogen-bond acceptors (Lipinski definition) is 6. The maximum Gasteiger partial charge on any atom is 0.341 e. The molecule has 8 heteroatoms. The quantitative estimate of drug-likeness (QED) is 0.215. The summed E-state index contributed by atoms with van der Waals surface area (Å²) >= 11 is 2.89. The Bertz CT molecular complexity index is 1260. The van der Waals surface area contributed by atoms with Crippen LogP contribution in [-0.4, -0.2) is 24.9 Å². The van der Waals surface area contributed by atoms with Gasteiger partial charge >= 0.3 is 5.97 Å². The number of unbranched alkanes of at least 4 members (excludes halogenated alkanes) is 1. The molecule has 1 aliphatic rings. The van der Waals surface area contributed by atoms with Gasteiger partial charge in [0.25, 0.3) is 0 Å². The molecule has 2 N–H and O–H groups in total. The van der Waals surface area contributed by atoms with Gasteiger partial charge in [0.1, 0.15) is 10.3 Å². The van der Waals surface area contributed by atoms with E-state index in [0.717, 1.165) is 59.4 Å². The molecule has 194 valence electrons. The number of carbonyl (C=O) groups excluding carboxylic acids is 3. The number of thiophene rings is 1. The van der Waals surface area contributed by atoms with E-state index in [1.807, 2.05) is 54.6 Å². The Labute approximate surface area is 226 Å². The van der Waals surface area contributed by atoms with Gasteiger partial charge < -0.3 is 15.4 Å². The molecular formula is C29H32N2O4S2. The molecule has 1 atom stereocenters. The molecule has 0 fully saturated rings. The van der Waals surface area contributed by atoms with Gasteiger partial charge in [-0.05, 0) is 61.4 Å². The number of amides is 2. The van der Waals surface area contributed by atoms with Crippen molar-refractivity contribution in [2.24, 2.45) is 0 Å². The molecule has 4 rings (SSSR count). The van der Waals surface area contributed by atoms with E-state index < -0.39 is 11.2 Å². The molecule has 1 heterocycles. The molecule has 1 aliphatic carbocycles. The van der Waals surface area contributed by atoms with Crippen LogP contribution >= 0.6 is 23.1 Å². The molecule has 0 spiro atoms. The smallest absolute Gasteiger partial charge is 0.341 e. The van der Waals surface area contributed by atoms with Crippen molar-refractivity contribution in [1.82, 2.24) is 0 Å². The first-order chi connectivity index (χ1) is 18.0. The summed E-state index contributed by atoms with van der Waals surface area (Å²) in [5, 5.41) is 6.01. The summed E-state index contributed by atoms with van der Waals surface area (Å²) in [6.45, 7) is 2.05. The lowest BCUT2D eigenvalue weighted by Crippen LogP contribution is -2.20. The first kappa shape index (κ1) is 26.9. The summed E-state index contributed by atoms with van der Waals surface area (Å²) in [7, 11) is 1.37. The van der Waals surface area contributed by atoms with Gasteiger partial charge in [-0.2, -0.15) is 0 Å². The second kappa shape index (κ2) is 12.9. The van der Waals surface area contributed by atoms with E-state index in [2.05, 4.69) is 17.6 Å². The highest BCUT2D eigenvalue weighted by atomic mass is 32.2. The summed E-state index contributed by atoms with van der Waals surface area (Å²) in [6, 6.07) is 17.1. The van der Waals surface area contributed by atoms with Crippen molar-refractivity contribution in [3.63, 3.8) is 0 Å². The van der Waals surface area contributed by atoms with Crippen molar-refractivity contribution in [3.05, 3.63) is 76.2 Å². The number of carbonyl (C=O) groups is 3. The van der Waals surface area contributed by atoms with Crippen molar-refractivity contribution in [2.45, 2.75) is 62.0 Å². The number of nitrogens with one attached hydrogen (secondary N) is 2. The van der Waals surface area contributed by atoms with E-state index in [-0.39, 0.29) is 11.8 Å². The van der Waals surface area contributed by atoms with Crippen LogP contribution in [0.15, 0.2) is 59.5 Å². The molecule has 0 saturated heterocycles. The summed E-state index contributed by atoms with van der Waals surface area (Å²) in [4.78, 5) is 40.6. The third kappa shape index (κ3) is 6.81. The molecule has 2 amide bonds. The molecule has 37 heavy (non-hydrogen) atoms. The topological polar surface area (TPSA) is 84.5 Å². The average molecular weight is 537 g/mol. The van der Waals surface area contributed by atoms with Gasteiger partial charge in [-0.1, -0.05) is 49.7 Å². The Kier molecular flexibility index (Phi) is 9.41. The number of rotatable bonds is 10. The van der Waals surface area contributed by atoms with Crippen LogP contribution in [0.5, 0.6) is 0 Å². The zero-order chi connectivity index (χ0) is 26.2. The maximum absolute atomic E-state index is 13.7. The largest absolute Gasteiger partial charge is 0.465 e. The van der Waals surface area contributed by atoms with Gasteiger partial charge in [0.05, 0.1) is 12.7 Å². The number of aryl methyl sites for hydroxylation is 1. The first-order valence-electron chi connectivity index (χ1n) is 12.6. The highest BCUT2D eigenvalue weighted by Gasteiger charge is 2.29. The number of anilines is 2. The Morgan fingerprint density at radius 1 is 1.03 bits per heavy atom. The van der Waals surface area contributed by atoms with Gasteiger partial charge in [0.15, 0.2) is 0 Å². The van der Waals surface area contributed by atoms with Gasteiger partial charge in [-0.15, -0.1) is 23.1 Å². The first-order valence-corrected chi connectivity index (χ1v) is 14.3. The molecule has 1 aromatic heterocycles. The molecular weight excluding hydrogens is 504 g/mol. The van der Waals surface area contributed by atoms with Crippen LogP contribution in [0.4, 0.5) is 10.7 Å². The van der Waals surface area contributed by atoms with Crippen LogP contribution in [-0.2, 0) is 27.2 Å². The Morgan fingerprint density at radius 2 is 1.81 bits per heavy atom. The van der Waals surface area contributed by atoms with Crippen molar-refractivity contribution >= 4 is 51.6 Å². The summed E-state index contributed by atoms with van der Waals surface area (Å²) in [6.07, 6.45) is 6.12. The lowest BCUT2D eigenvalue weighted by atomic mass is 9.95. The van der Waals surface area contributed by atoms with Crippen LogP contribution in [0.25, 0.3) is 0 Å². The molecule has 3 aromatic rings. The van der Waals surface area contributed by atoms with Crippen LogP contribution in [0.2, 0.25) is 0 Å². The molecule has 0 aliphatic heterocycles. The van der Waals surface area contributed by atoms with Gasteiger partial charge in [-0.3, -0.25) is 9.59 Å². The predicted octanol–water partition coefficient (Wildman–Crippen LogP) is 7.01. The Hall–Kier alpha value is -3.10. The number of thioether (sulfide) groups is 1. The lowest BCUT2D eigenvalue weighted by Gasteiger charge is -2.18. The third-order valence-electron chi connectivity index (χ3n) is 6.27. The van der Waals surface area contributed by atoms with Crippen LogP contribution in [0.1, 0.15) is 70.6 Å². The highest BCUT2D eigenvalue weighted by molar-refractivity contribution is 8.00. The number of fused-ring (bicyclic) bond motifs is 1. The standard InChI is InChI=1S/C29H32N2O4S2/c1-3-4-17-24(32)30-20-13-10-14-21(18-20)36-26(19-11-6-5-7-12-19)27(33)31-28-25(29(34)35-2)22-15-8-9-16-23(22)37-28/h5-7,10-14,18,26H,3-4,8-9,15-17H2,1-2H3,(H,30,32)(H,31,33). The monoisotopic (exact) mass is 536 g/mol. The Balaban J connectivity index is 1.59. The van der Waals surface area contributed by atoms with E-state index in [1.165, 1.54) is 30.2 Å². The molecule has 0 bridgehead atoms. The second-order valence-electron chi connectivity index (χ2n) is 8.98. The van der Waals surface area contributed by atoms with Crippen molar-refractivity contribution in [1.29, 1.82) is 0 Å². The maximum atomic E-state index is 13.7. The minimum Gasteiger partial charge on any atom is -0.465 e. The number of benzene rings is 2. The van der Waals surface area contributed by atoms with Gasteiger partial charge in [0, 0.05) is 21.9 Å². The number of ether oxygens (including phenoxy) is 1. The fraction of sp³-hybridized carbons (Fsp3) is 0.345. The third-order valence-corrected chi connectivity index (χ3v) is 8.72. The van der Waals surface area contributed by atoms with Crippen LogP contribution in [0.3, 0.4) is 0 Å². The fourth-order valence-corrected chi connectivity index (χ4v) is 6.76. The zero-order valence-corrected chi connectivity index (χ0v) is 22.8. The van der Waals surface area contributed by atoms with E-state index >= 15 is 0 Å². The molecule has 6 nitrogen and oxygen atoms in total. The van der Waals surface area contributed by atoms with E-state index in [4.69, 9.17) is 4.74 Å². The minimum absolute atomic E-state index is 0.0154. The summed E-state index contributed by atoms with van der Waals surface area (Å²) in [5.41, 5.74) is 3.05. The average Bonchev–Trinajstić information content (AvgIpc) is 3.28. The lowest BCUT2D eigenvalue weighted by molar-refractivity contribution is -0.116. The minimum atomic E-state index is -0.558. The zero-order valence-electron chi connectivity index (χ0n) is 21.2. The van der Waals surface area contributed by atoms with Crippen LogP contribution in [0, 0.1) is 0 Å². The number of esters is 1. The Morgan fingerprint density at radius 3 is 2.57 bits per heavy atom. The number of methoxy groups -OCH3 is 1. The van der Waals surface area contributed by atoms with E-state index in [9.17, 15) is 14.4 Å². The van der Waals surface area contributed by atoms with Gasteiger partial charge in [-0.25, -0.2) is 4.79 Å². The normalized spacial score (nSPS) is 13.4. The van der Waals surface area contributed by atoms with E-state index in [1.54, 1.807) is 0 Å². The highest BCUT2D eigenvalue weighted by Crippen LogP contribution is 2.41. The predicted molar refractivity (Wildman–Crippen MR) is 151 cm³/mol. The molecule has 2 aromatic carbocycles. The molecule has 0 radical (unpaired) electrons. The molecule has 1 unspecified atom stereocenters. The van der Waals surface area contributed by atoms with Crippen LogP contribution < -0.4 is 10.6 Å². The molecule has 0 saturated carbocycles. The SMILES string of the molecule is CCCCC(=O)Nc1cccc(SC(C(=O)Nc2sc3c(c2C(=O)OC)CCCC3)c2ccccc2)c1. The number of hydrogen-bond donors (Lipinski definition) is 2. The van der Waals surface area contributed by atoms with Gasteiger partial charge in [0.2, 0.25) is 11.8 Å². The second-order valence-corrected chi connectivity index (χ2v) is 11.3. The summed E-state index contributed by atoms with van der Waals surface area (Å²) < 4.78 is 5.07. The van der Waals surface area contributed by atoms with Crippen molar-refractivity contribution in [3.8, 4) is 0 Å². The van der Waals surface area contributed by atoms with Crippen molar-refractivity contribution in [2.75, 3.05) is 17.7 Å². The fourth-order valence-electron chi connectivity index (χ4n) is 4.39. The van der Waals surface area contributed by atoms with Crippen molar-refractivity contribution < 1.29 is 19.1 Å². The summed E-state index contributed by atoms with van der Waals surface area (Å²) in [5.74, 6) is -0.638. The van der Waals surface area contributed by atoms with E-state index in [0.29, 0.717) is 22.7 Å².